The number of ether oxygens (including phenoxy) is 3. The zero-order valence-electron chi connectivity index (χ0n) is 20.4. The smallest absolute Gasteiger partial charge is 0.146 e. The summed E-state index contributed by atoms with van der Waals surface area (Å²) < 4.78 is 17.6. The Bertz CT molecular complexity index is 732. The van der Waals surface area contributed by atoms with Crippen molar-refractivity contribution >= 4 is 0 Å². The Labute approximate surface area is 200 Å². The van der Waals surface area contributed by atoms with Gasteiger partial charge in [0, 0.05) is 20.0 Å². The molecule has 4 nitrogen and oxygen atoms in total. The number of hydrogen-bond donors (Lipinski definition) is 1. The fraction of sp³-hybridized carbons (Fsp3) is 0.517. The lowest BCUT2D eigenvalue weighted by molar-refractivity contribution is -0.141. The summed E-state index contributed by atoms with van der Waals surface area (Å²) >= 11 is 0. The highest BCUT2D eigenvalue weighted by Gasteiger charge is 2.26. The van der Waals surface area contributed by atoms with E-state index < -0.39 is 6.10 Å². The molecule has 2 aromatic rings. The minimum absolute atomic E-state index is 0.171. The predicted octanol–water partition coefficient (Wildman–Crippen LogP) is 6.47. The Balaban J connectivity index is 1.99. The largest absolute Gasteiger partial charge is 0.393 e. The Morgan fingerprint density at radius 1 is 0.818 bits per heavy atom. The van der Waals surface area contributed by atoms with Gasteiger partial charge in [0.05, 0.1) is 24.9 Å². The van der Waals surface area contributed by atoms with E-state index >= 15 is 0 Å². The van der Waals surface area contributed by atoms with E-state index in [1.807, 2.05) is 36.4 Å². The van der Waals surface area contributed by atoms with Crippen LogP contribution in [0.5, 0.6) is 0 Å². The third-order valence-corrected chi connectivity index (χ3v) is 5.70. The van der Waals surface area contributed by atoms with Crippen LogP contribution in [0.2, 0.25) is 0 Å². The first-order valence-electron chi connectivity index (χ1n) is 12.4. The molecular weight excluding hydrogens is 412 g/mol. The lowest BCUT2D eigenvalue weighted by Gasteiger charge is -2.29. The van der Waals surface area contributed by atoms with Crippen molar-refractivity contribution in [2.24, 2.45) is 0 Å². The number of aliphatic hydroxyl groups excluding tert-OH is 1. The number of benzene rings is 2. The van der Waals surface area contributed by atoms with Crippen molar-refractivity contribution in [3.8, 4) is 0 Å². The molecule has 2 rings (SSSR count). The predicted molar refractivity (Wildman–Crippen MR) is 135 cm³/mol. The van der Waals surface area contributed by atoms with E-state index in [0.717, 1.165) is 12.0 Å². The van der Waals surface area contributed by atoms with Gasteiger partial charge >= 0.3 is 0 Å². The molecule has 0 unspecified atom stereocenters. The van der Waals surface area contributed by atoms with Crippen molar-refractivity contribution in [2.45, 2.75) is 83.2 Å². The van der Waals surface area contributed by atoms with Gasteiger partial charge in [-0.2, -0.15) is 0 Å². The van der Waals surface area contributed by atoms with Crippen LogP contribution in [-0.4, -0.2) is 37.3 Å². The average molecular weight is 455 g/mol. The van der Waals surface area contributed by atoms with Crippen LogP contribution in [0.3, 0.4) is 0 Å². The standard InChI is InChI=1S/C29H42O4/c1-3-4-5-6-7-8-15-20-27(30)22-29(33-24-31-2)28(21-25-16-11-9-12-17-25)32-23-26-18-13-10-14-19-26/h8-19,27-30H,3-7,20-24H2,1-2H3/b15-8+/t27-,28+,29-/m0/s1. The van der Waals surface area contributed by atoms with Gasteiger partial charge < -0.3 is 19.3 Å². The van der Waals surface area contributed by atoms with E-state index in [2.05, 4.69) is 43.3 Å². The van der Waals surface area contributed by atoms with Gasteiger partial charge in [0.2, 0.25) is 0 Å². The number of unbranched alkanes of at least 4 members (excludes halogenated alkanes) is 4. The summed E-state index contributed by atoms with van der Waals surface area (Å²) in [5.74, 6) is 0. The summed E-state index contributed by atoms with van der Waals surface area (Å²) in [5, 5.41) is 10.7. The van der Waals surface area contributed by atoms with Gasteiger partial charge in [-0.15, -0.1) is 0 Å². The van der Waals surface area contributed by atoms with Gasteiger partial charge in [-0.05, 0) is 30.4 Å². The fourth-order valence-corrected chi connectivity index (χ4v) is 3.83. The molecule has 0 amide bonds. The second kappa shape index (κ2) is 17.5. The normalized spacial score (nSPS) is 14.4. The number of allylic oxidation sites excluding steroid dienone is 1. The highest BCUT2D eigenvalue weighted by molar-refractivity contribution is 5.16. The molecule has 0 aliphatic heterocycles. The van der Waals surface area contributed by atoms with E-state index in [0.29, 0.717) is 25.9 Å². The number of methoxy groups -OCH3 is 1. The van der Waals surface area contributed by atoms with E-state index in [-0.39, 0.29) is 19.0 Å². The first-order valence-corrected chi connectivity index (χ1v) is 12.4. The molecule has 0 heterocycles. The Hall–Kier alpha value is -1.98. The maximum absolute atomic E-state index is 10.7. The Morgan fingerprint density at radius 2 is 1.52 bits per heavy atom. The fourth-order valence-electron chi connectivity index (χ4n) is 3.83. The maximum atomic E-state index is 10.7. The van der Waals surface area contributed by atoms with Crippen molar-refractivity contribution in [1.82, 2.24) is 0 Å². The van der Waals surface area contributed by atoms with E-state index in [4.69, 9.17) is 14.2 Å². The summed E-state index contributed by atoms with van der Waals surface area (Å²) in [6, 6.07) is 20.4. The molecule has 0 saturated heterocycles. The molecule has 1 N–H and O–H groups in total. The zero-order valence-corrected chi connectivity index (χ0v) is 20.4. The summed E-state index contributed by atoms with van der Waals surface area (Å²) in [4.78, 5) is 0. The number of rotatable bonds is 18. The molecule has 3 atom stereocenters. The molecule has 0 fully saturated rings. The molecule has 0 saturated carbocycles. The van der Waals surface area contributed by atoms with E-state index in [1.54, 1.807) is 7.11 Å². The third-order valence-electron chi connectivity index (χ3n) is 5.70. The summed E-state index contributed by atoms with van der Waals surface area (Å²) in [7, 11) is 1.62. The minimum Gasteiger partial charge on any atom is -0.393 e. The monoisotopic (exact) mass is 454 g/mol. The quantitative estimate of drug-likeness (QED) is 0.159. The number of hydrogen-bond acceptors (Lipinski definition) is 4. The van der Waals surface area contributed by atoms with Crippen LogP contribution >= 0.6 is 0 Å². The third kappa shape index (κ3) is 12.2. The summed E-state index contributed by atoms with van der Waals surface area (Å²) in [5.41, 5.74) is 2.30. The van der Waals surface area contributed by atoms with Crippen LogP contribution in [0.25, 0.3) is 0 Å². The van der Waals surface area contributed by atoms with Crippen LogP contribution in [-0.2, 0) is 27.2 Å². The van der Waals surface area contributed by atoms with Gasteiger partial charge in [0.1, 0.15) is 6.79 Å². The summed E-state index contributed by atoms with van der Waals surface area (Å²) in [6.07, 6.45) is 11.3. The minimum atomic E-state index is -0.489. The topological polar surface area (TPSA) is 47.9 Å². The van der Waals surface area contributed by atoms with Crippen LogP contribution in [0.1, 0.15) is 63.0 Å². The first kappa shape index (κ1) is 27.3. The van der Waals surface area contributed by atoms with Crippen LogP contribution in [0.15, 0.2) is 72.8 Å². The zero-order chi connectivity index (χ0) is 23.6. The highest BCUT2D eigenvalue weighted by Crippen LogP contribution is 2.20. The highest BCUT2D eigenvalue weighted by atomic mass is 16.7. The molecule has 0 radical (unpaired) electrons. The Kier molecular flexibility index (Phi) is 14.5. The Morgan fingerprint density at radius 3 is 2.18 bits per heavy atom. The van der Waals surface area contributed by atoms with Gasteiger partial charge in [-0.1, -0.05) is 99.0 Å². The van der Waals surface area contributed by atoms with Gasteiger partial charge in [0.15, 0.2) is 0 Å². The SMILES string of the molecule is CCCCCC/C=C/C[C@H](O)C[C@H](OCOC)[C@@H](Cc1ccccc1)OCc1ccccc1. The molecule has 4 heteroatoms. The van der Waals surface area contributed by atoms with Gasteiger partial charge in [-0.3, -0.25) is 0 Å². The second-order valence-electron chi connectivity index (χ2n) is 8.58. The lowest BCUT2D eigenvalue weighted by atomic mass is 9.98. The maximum Gasteiger partial charge on any atom is 0.146 e. The molecule has 0 aliphatic carbocycles. The average Bonchev–Trinajstić information content (AvgIpc) is 2.85. The molecule has 0 aliphatic rings. The van der Waals surface area contributed by atoms with Crippen molar-refractivity contribution in [3.05, 3.63) is 83.9 Å². The molecule has 0 bridgehead atoms. The molecular formula is C29H42O4. The van der Waals surface area contributed by atoms with Crippen LogP contribution in [0.4, 0.5) is 0 Å². The van der Waals surface area contributed by atoms with Crippen molar-refractivity contribution in [2.75, 3.05) is 13.9 Å². The first-order chi connectivity index (χ1) is 16.2. The van der Waals surface area contributed by atoms with E-state index in [9.17, 15) is 5.11 Å². The van der Waals surface area contributed by atoms with Gasteiger partial charge in [0.25, 0.3) is 0 Å². The van der Waals surface area contributed by atoms with E-state index in [1.165, 1.54) is 31.2 Å². The lowest BCUT2D eigenvalue weighted by Crippen LogP contribution is -2.37. The number of aliphatic hydroxyl groups is 1. The van der Waals surface area contributed by atoms with Crippen molar-refractivity contribution in [3.63, 3.8) is 0 Å². The van der Waals surface area contributed by atoms with Crippen molar-refractivity contribution in [1.29, 1.82) is 0 Å². The van der Waals surface area contributed by atoms with Gasteiger partial charge in [-0.25, -0.2) is 0 Å². The van der Waals surface area contributed by atoms with Crippen LogP contribution in [0, 0.1) is 0 Å². The second-order valence-corrected chi connectivity index (χ2v) is 8.58. The molecule has 0 aromatic heterocycles. The molecule has 182 valence electrons. The van der Waals surface area contributed by atoms with Crippen LogP contribution < -0.4 is 0 Å². The molecule has 2 aromatic carbocycles. The molecule has 33 heavy (non-hydrogen) atoms. The molecule has 0 spiro atoms. The van der Waals surface area contributed by atoms with Crippen molar-refractivity contribution < 1.29 is 19.3 Å². The summed E-state index contributed by atoms with van der Waals surface area (Å²) in [6.45, 7) is 2.90.